The van der Waals surface area contributed by atoms with Gasteiger partial charge in [-0.25, -0.2) is 18.1 Å². The molecule has 1 aliphatic rings. The Balaban J connectivity index is 1.93. The van der Waals surface area contributed by atoms with Crippen LogP contribution in [0.15, 0.2) is 29.4 Å². The van der Waals surface area contributed by atoms with E-state index in [9.17, 15) is 8.42 Å². The van der Waals surface area contributed by atoms with Gasteiger partial charge in [0.05, 0.1) is 6.04 Å². The summed E-state index contributed by atoms with van der Waals surface area (Å²) in [5, 5.41) is 11.0. The maximum atomic E-state index is 12.7. The summed E-state index contributed by atoms with van der Waals surface area (Å²) in [5.41, 5.74) is 0. The number of tetrazole rings is 1. The van der Waals surface area contributed by atoms with Crippen molar-refractivity contribution in [3.8, 4) is 0 Å². The fraction of sp³-hybridized carbons (Fsp3) is 0.571. The van der Waals surface area contributed by atoms with E-state index in [1.807, 2.05) is 0 Å². The fourth-order valence-electron chi connectivity index (χ4n) is 2.89. The molecule has 0 spiro atoms. The zero-order valence-electron chi connectivity index (χ0n) is 12.5. The van der Waals surface area contributed by atoms with Crippen molar-refractivity contribution >= 4 is 9.84 Å². The SMILES string of the molecule is C[C@@H](c1nnnn1C1CCCCC1)S(=O)(=O)c1ccccn1. The normalized spacial score (nSPS) is 18.2. The van der Waals surface area contributed by atoms with Gasteiger partial charge in [0.2, 0.25) is 9.84 Å². The van der Waals surface area contributed by atoms with Crippen LogP contribution in [0.2, 0.25) is 0 Å². The molecule has 1 fully saturated rings. The van der Waals surface area contributed by atoms with Crippen molar-refractivity contribution < 1.29 is 8.42 Å². The molecular weight excluding hydrogens is 302 g/mol. The third kappa shape index (κ3) is 2.75. The molecule has 0 aromatic carbocycles. The molecule has 2 heterocycles. The zero-order valence-corrected chi connectivity index (χ0v) is 13.3. The summed E-state index contributed by atoms with van der Waals surface area (Å²) in [5.74, 6) is 0.401. The average molecular weight is 321 g/mol. The Morgan fingerprint density at radius 3 is 2.68 bits per heavy atom. The second-order valence-electron chi connectivity index (χ2n) is 5.63. The summed E-state index contributed by atoms with van der Waals surface area (Å²) in [6.45, 7) is 1.62. The molecule has 0 radical (unpaired) electrons. The highest BCUT2D eigenvalue weighted by Gasteiger charge is 2.32. The first kappa shape index (κ1) is 15.1. The van der Waals surface area contributed by atoms with Gasteiger partial charge in [-0.2, -0.15) is 0 Å². The van der Waals surface area contributed by atoms with E-state index >= 15 is 0 Å². The number of sulfone groups is 1. The molecule has 0 unspecified atom stereocenters. The van der Waals surface area contributed by atoms with Gasteiger partial charge in [-0.3, -0.25) is 0 Å². The summed E-state index contributed by atoms with van der Waals surface area (Å²) in [6, 6.07) is 5.05. The molecule has 8 heteroatoms. The molecule has 0 N–H and O–H groups in total. The predicted octanol–water partition coefficient (Wildman–Crippen LogP) is 2.11. The van der Waals surface area contributed by atoms with E-state index in [1.165, 1.54) is 18.7 Å². The topological polar surface area (TPSA) is 90.6 Å². The number of rotatable bonds is 4. The van der Waals surface area contributed by atoms with Crippen LogP contribution in [0.4, 0.5) is 0 Å². The van der Waals surface area contributed by atoms with Gasteiger partial charge in [-0.05, 0) is 42.3 Å². The molecular formula is C14H19N5O2S. The van der Waals surface area contributed by atoms with Crippen LogP contribution >= 0.6 is 0 Å². The van der Waals surface area contributed by atoms with Crippen LogP contribution in [-0.4, -0.2) is 33.6 Å². The van der Waals surface area contributed by atoms with Crippen molar-refractivity contribution in [2.45, 2.75) is 55.3 Å². The standard InChI is InChI=1S/C14H19N5O2S/c1-11(22(20,21)13-9-5-6-10-15-13)14-16-17-18-19(14)12-7-3-2-4-8-12/h5-6,9-12H,2-4,7-8H2,1H3/t11-/m0/s1. The third-order valence-corrected chi connectivity index (χ3v) is 6.16. The molecule has 1 aliphatic carbocycles. The van der Waals surface area contributed by atoms with Crippen LogP contribution in [-0.2, 0) is 9.84 Å². The molecule has 0 aliphatic heterocycles. The minimum Gasteiger partial charge on any atom is -0.245 e. The molecule has 1 saturated carbocycles. The fourth-order valence-corrected chi connectivity index (χ4v) is 4.16. The second-order valence-corrected chi connectivity index (χ2v) is 7.84. The van der Waals surface area contributed by atoms with Crippen LogP contribution in [0, 0.1) is 0 Å². The average Bonchev–Trinajstić information content (AvgIpc) is 3.05. The molecule has 2 aromatic rings. The van der Waals surface area contributed by atoms with Gasteiger partial charge in [0.25, 0.3) is 0 Å². The highest BCUT2D eigenvalue weighted by molar-refractivity contribution is 7.91. The Bertz CT molecular complexity index is 723. The first-order valence-corrected chi connectivity index (χ1v) is 9.08. The molecule has 2 aromatic heterocycles. The van der Waals surface area contributed by atoms with Crippen molar-refractivity contribution in [1.82, 2.24) is 25.2 Å². The van der Waals surface area contributed by atoms with Crippen LogP contribution in [0.1, 0.15) is 56.1 Å². The molecule has 0 saturated heterocycles. The number of hydrogen-bond donors (Lipinski definition) is 0. The van der Waals surface area contributed by atoms with Gasteiger partial charge in [-0.15, -0.1) is 5.10 Å². The van der Waals surface area contributed by atoms with E-state index in [4.69, 9.17) is 0 Å². The molecule has 22 heavy (non-hydrogen) atoms. The molecule has 1 atom stereocenters. The molecule has 0 bridgehead atoms. The lowest BCUT2D eigenvalue weighted by Crippen LogP contribution is -2.22. The van der Waals surface area contributed by atoms with Gasteiger partial charge >= 0.3 is 0 Å². The van der Waals surface area contributed by atoms with Crippen molar-refractivity contribution in [3.63, 3.8) is 0 Å². The predicted molar refractivity (Wildman–Crippen MR) is 79.8 cm³/mol. The number of pyridine rings is 1. The van der Waals surface area contributed by atoms with Crippen LogP contribution in [0.25, 0.3) is 0 Å². The second kappa shape index (κ2) is 6.12. The van der Waals surface area contributed by atoms with E-state index in [-0.39, 0.29) is 11.1 Å². The third-order valence-electron chi connectivity index (χ3n) is 4.20. The lowest BCUT2D eigenvalue weighted by atomic mass is 9.95. The summed E-state index contributed by atoms with van der Waals surface area (Å²) >= 11 is 0. The van der Waals surface area contributed by atoms with Crippen LogP contribution in [0.3, 0.4) is 0 Å². The highest BCUT2D eigenvalue weighted by atomic mass is 32.2. The Hall–Kier alpha value is -1.83. The smallest absolute Gasteiger partial charge is 0.205 e. The lowest BCUT2D eigenvalue weighted by Gasteiger charge is -2.23. The van der Waals surface area contributed by atoms with Crippen molar-refractivity contribution in [2.24, 2.45) is 0 Å². The van der Waals surface area contributed by atoms with Crippen molar-refractivity contribution in [3.05, 3.63) is 30.2 Å². The van der Waals surface area contributed by atoms with E-state index in [2.05, 4.69) is 20.5 Å². The minimum atomic E-state index is -3.60. The highest BCUT2D eigenvalue weighted by Crippen LogP contribution is 2.32. The minimum absolute atomic E-state index is 0.0562. The van der Waals surface area contributed by atoms with E-state index in [0.717, 1.165) is 25.7 Å². The first-order valence-electron chi connectivity index (χ1n) is 7.53. The monoisotopic (exact) mass is 321 g/mol. The van der Waals surface area contributed by atoms with Gasteiger partial charge in [0, 0.05) is 6.20 Å². The maximum absolute atomic E-state index is 12.7. The summed E-state index contributed by atoms with van der Waals surface area (Å²) in [7, 11) is -3.60. The Morgan fingerprint density at radius 1 is 1.23 bits per heavy atom. The van der Waals surface area contributed by atoms with E-state index < -0.39 is 15.1 Å². The van der Waals surface area contributed by atoms with Gasteiger partial charge < -0.3 is 0 Å². The molecule has 0 amide bonds. The Kier molecular flexibility index (Phi) is 4.19. The number of aromatic nitrogens is 5. The maximum Gasteiger partial charge on any atom is 0.205 e. The van der Waals surface area contributed by atoms with Gasteiger partial charge in [0.15, 0.2) is 10.9 Å². The van der Waals surface area contributed by atoms with Crippen LogP contribution in [0.5, 0.6) is 0 Å². The van der Waals surface area contributed by atoms with Crippen LogP contribution < -0.4 is 0 Å². The largest absolute Gasteiger partial charge is 0.245 e. The number of hydrogen-bond acceptors (Lipinski definition) is 6. The van der Waals surface area contributed by atoms with E-state index in [0.29, 0.717) is 5.82 Å². The van der Waals surface area contributed by atoms with Crippen molar-refractivity contribution in [1.29, 1.82) is 0 Å². The summed E-state index contributed by atoms with van der Waals surface area (Å²) < 4.78 is 27.1. The lowest BCUT2D eigenvalue weighted by molar-refractivity contribution is 0.316. The molecule has 118 valence electrons. The zero-order chi connectivity index (χ0) is 15.6. The van der Waals surface area contributed by atoms with Gasteiger partial charge in [-0.1, -0.05) is 25.3 Å². The van der Waals surface area contributed by atoms with E-state index in [1.54, 1.807) is 23.7 Å². The quantitative estimate of drug-likeness (QED) is 0.856. The summed E-state index contributed by atoms with van der Waals surface area (Å²) in [6.07, 6.45) is 6.94. The molecule has 3 rings (SSSR count). The number of nitrogens with zero attached hydrogens (tertiary/aromatic N) is 5. The molecule has 7 nitrogen and oxygen atoms in total. The van der Waals surface area contributed by atoms with Gasteiger partial charge in [0.1, 0.15) is 5.25 Å². The first-order chi connectivity index (χ1) is 10.6. The van der Waals surface area contributed by atoms with Crippen molar-refractivity contribution in [2.75, 3.05) is 0 Å². The summed E-state index contributed by atoms with van der Waals surface area (Å²) in [4.78, 5) is 3.96. The Morgan fingerprint density at radius 2 is 2.00 bits per heavy atom. The Labute approximate surface area is 129 Å².